The quantitative estimate of drug-likeness (QED) is 0.903. The van der Waals surface area contributed by atoms with Gasteiger partial charge in [-0.05, 0) is 38.2 Å². The molecule has 128 valence electrons. The van der Waals surface area contributed by atoms with Crippen LogP contribution in [-0.2, 0) is 17.6 Å². The van der Waals surface area contributed by atoms with Crippen LogP contribution in [0.25, 0.3) is 0 Å². The van der Waals surface area contributed by atoms with Crippen LogP contribution in [-0.4, -0.2) is 45.3 Å². The van der Waals surface area contributed by atoms with E-state index in [1.54, 1.807) is 4.90 Å². The average Bonchev–Trinajstić information content (AvgIpc) is 2.89. The molecule has 1 saturated heterocycles. The molecule has 1 aliphatic rings. The number of nitrogens with one attached hydrogen (secondary N) is 1. The van der Waals surface area contributed by atoms with Crippen molar-refractivity contribution in [3.05, 3.63) is 52.8 Å². The van der Waals surface area contributed by atoms with Crippen LogP contribution in [0.3, 0.4) is 0 Å². The summed E-state index contributed by atoms with van der Waals surface area (Å²) in [5.41, 5.74) is 4.03. The van der Waals surface area contributed by atoms with Crippen molar-refractivity contribution in [1.29, 1.82) is 0 Å². The first-order valence-corrected chi connectivity index (χ1v) is 8.55. The van der Waals surface area contributed by atoms with E-state index in [4.69, 9.17) is 0 Å². The number of β-amino-alcohol motifs (C(OH)–C–C–N with tert-alkyl or cyclic N) is 1. The first-order valence-electron chi connectivity index (χ1n) is 8.55. The first kappa shape index (κ1) is 16.7. The van der Waals surface area contributed by atoms with Gasteiger partial charge in [0.05, 0.1) is 18.2 Å². The number of nitrogens with zero attached hydrogens (tertiary/aromatic N) is 2. The predicted octanol–water partition coefficient (Wildman–Crippen LogP) is 2.02. The van der Waals surface area contributed by atoms with E-state index in [2.05, 4.69) is 22.3 Å². The highest BCUT2D eigenvalue weighted by atomic mass is 16.3. The summed E-state index contributed by atoms with van der Waals surface area (Å²) in [5, 5.41) is 17.5. The Morgan fingerprint density at radius 1 is 1.33 bits per heavy atom. The van der Waals surface area contributed by atoms with Gasteiger partial charge >= 0.3 is 0 Å². The SMILES string of the molecule is Cc1n[nH]c(C)c1CC(=O)N1CC[C@H](Cc2ccccc2)[C@H](O)C1. The Morgan fingerprint density at radius 2 is 2.08 bits per heavy atom. The molecule has 0 radical (unpaired) electrons. The lowest BCUT2D eigenvalue weighted by Crippen LogP contribution is -2.47. The second kappa shape index (κ2) is 7.18. The van der Waals surface area contributed by atoms with Crippen LogP contribution in [0, 0.1) is 19.8 Å². The summed E-state index contributed by atoms with van der Waals surface area (Å²) in [5.74, 6) is 0.286. The molecule has 2 heterocycles. The van der Waals surface area contributed by atoms with Crippen molar-refractivity contribution in [1.82, 2.24) is 15.1 Å². The molecule has 1 aromatic carbocycles. The molecule has 0 bridgehead atoms. The molecule has 2 atom stereocenters. The zero-order chi connectivity index (χ0) is 17.1. The molecule has 1 aliphatic heterocycles. The molecule has 0 aliphatic carbocycles. The predicted molar refractivity (Wildman–Crippen MR) is 92.6 cm³/mol. The molecule has 0 spiro atoms. The van der Waals surface area contributed by atoms with E-state index in [0.29, 0.717) is 19.5 Å². The fraction of sp³-hybridized carbons (Fsp3) is 0.474. The molecule has 0 unspecified atom stereocenters. The molecule has 0 saturated carbocycles. The fourth-order valence-electron chi connectivity index (χ4n) is 3.46. The van der Waals surface area contributed by atoms with Crippen LogP contribution in [0.15, 0.2) is 30.3 Å². The number of H-pyrrole nitrogens is 1. The van der Waals surface area contributed by atoms with Crippen molar-refractivity contribution in [2.45, 2.75) is 39.2 Å². The average molecular weight is 327 g/mol. The maximum Gasteiger partial charge on any atom is 0.227 e. The minimum absolute atomic E-state index is 0.0693. The summed E-state index contributed by atoms with van der Waals surface area (Å²) in [4.78, 5) is 14.3. The van der Waals surface area contributed by atoms with Crippen LogP contribution < -0.4 is 0 Å². The van der Waals surface area contributed by atoms with Gasteiger partial charge in [0, 0.05) is 24.3 Å². The topological polar surface area (TPSA) is 69.2 Å². The van der Waals surface area contributed by atoms with E-state index in [1.807, 2.05) is 32.0 Å². The Morgan fingerprint density at radius 3 is 2.71 bits per heavy atom. The molecule has 1 amide bonds. The summed E-state index contributed by atoms with van der Waals surface area (Å²) in [7, 11) is 0. The summed E-state index contributed by atoms with van der Waals surface area (Å²) in [6, 6.07) is 10.2. The van der Waals surface area contributed by atoms with Crippen LogP contribution in [0.5, 0.6) is 0 Å². The number of amides is 1. The first-order chi connectivity index (χ1) is 11.5. The number of carbonyl (C=O) groups is 1. The molecule has 1 aromatic heterocycles. The molecule has 2 aromatic rings. The highest BCUT2D eigenvalue weighted by Gasteiger charge is 2.30. The molecular weight excluding hydrogens is 302 g/mol. The van der Waals surface area contributed by atoms with Crippen molar-refractivity contribution in [2.75, 3.05) is 13.1 Å². The van der Waals surface area contributed by atoms with Gasteiger partial charge in [0.15, 0.2) is 0 Å². The maximum atomic E-state index is 12.6. The normalized spacial score (nSPS) is 21.0. The Balaban J connectivity index is 1.58. The number of carbonyl (C=O) groups excluding carboxylic acids is 1. The number of aliphatic hydroxyl groups is 1. The van der Waals surface area contributed by atoms with Crippen LogP contribution in [0.1, 0.15) is 28.9 Å². The molecule has 24 heavy (non-hydrogen) atoms. The third kappa shape index (κ3) is 3.67. The third-order valence-electron chi connectivity index (χ3n) is 5.02. The molecule has 2 N–H and O–H groups in total. The number of hydrogen-bond acceptors (Lipinski definition) is 3. The molecule has 5 nitrogen and oxygen atoms in total. The Bertz CT molecular complexity index is 676. The van der Waals surface area contributed by atoms with E-state index >= 15 is 0 Å². The lowest BCUT2D eigenvalue weighted by Gasteiger charge is -2.36. The zero-order valence-corrected chi connectivity index (χ0v) is 14.3. The standard InChI is InChI=1S/C19H25N3O2/c1-13-17(14(2)21-20-13)11-19(24)22-9-8-16(18(23)12-22)10-15-6-4-3-5-7-15/h3-7,16,18,23H,8-12H2,1-2H3,(H,20,21)/t16-,18-/m1/s1. The number of rotatable bonds is 4. The van der Waals surface area contributed by atoms with Gasteiger partial charge < -0.3 is 10.0 Å². The van der Waals surface area contributed by atoms with E-state index < -0.39 is 6.10 Å². The van der Waals surface area contributed by atoms with Gasteiger partial charge in [-0.25, -0.2) is 0 Å². The zero-order valence-electron chi connectivity index (χ0n) is 14.3. The Labute approximate surface area is 142 Å². The van der Waals surface area contributed by atoms with Crippen LogP contribution in [0.2, 0.25) is 0 Å². The van der Waals surface area contributed by atoms with Crippen molar-refractivity contribution in [3.8, 4) is 0 Å². The van der Waals surface area contributed by atoms with Gasteiger partial charge in [-0.15, -0.1) is 0 Å². The minimum Gasteiger partial charge on any atom is -0.391 e. The van der Waals surface area contributed by atoms with E-state index in [9.17, 15) is 9.90 Å². The van der Waals surface area contributed by atoms with Crippen LogP contribution in [0.4, 0.5) is 0 Å². The minimum atomic E-state index is -0.463. The summed E-state index contributed by atoms with van der Waals surface area (Å²) in [6.45, 7) is 4.98. The third-order valence-corrected chi connectivity index (χ3v) is 5.02. The second-order valence-electron chi connectivity index (χ2n) is 6.73. The van der Waals surface area contributed by atoms with Gasteiger partial charge in [0.1, 0.15) is 0 Å². The maximum absolute atomic E-state index is 12.6. The molecule has 5 heteroatoms. The van der Waals surface area contributed by atoms with Gasteiger partial charge in [0.25, 0.3) is 0 Å². The largest absolute Gasteiger partial charge is 0.391 e. The number of aromatic amines is 1. The number of likely N-dealkylation sites (tertiary alicyclic amines) is 1. The van der Waals surface area contributed by atoms with Crippen molar-refractivity contribution >= 4 is 5.91 Å². The number of benzene rings is 1. The number of piperidine rings is 1. The summed E-state index contributed by atoms with van der Waals surface area (Å²) >= 11 is 0. The van der Waals surface area contributed by atoms with Gasteiger partial charge in [-0.1, -0.05) is 30.3 Å². The number of aryl methyl sites for hydroxylation is 2. The lowest BCUT2D eigenvalue weighted by atomic mass is 9.87. The van der Waals surface area contributed by atoms with Crippen molar-refractivity contribution in [3.63, 3.8) is 0 Å². The molecular formula is C19H25N3O2. The Hall–Kier alpha value is -2.14. The van der Waals surface area contributed by atoms with E-state index in [-0.39, 0.29) is 11.8 Å². The smallest absolute Gasteiger partial charge is 0.227 e. The highest BCUT2D eigenvalue weighted by molar-refractivity contribution is 5.79. The summed E-state index contributed by atoms with van der Waals surface area (Å²) in [6.07, 6.45) is 1.59. The van der Waals surface area contributed by atoms with E-state index in [0.717, 1.165) is 29.8 Å². The lowest BCUT2D eigenvalue weighted by molar-refractivity contribution is -0.134. The van der Waals surface area contributed by atoms with Gasteiger partial charge in [-0.3, -0.25) is 9.89 Å². The van der Waals surface area contributed by atoms with E-state index in [1.165, 1.54) is 5.56 Å². The molecule has 1 fully saturated rings. The summed E-state index contributed by atoms with van der Waals surface area (Å²) < 4.78 is 0. The number of aromatic nitrogens is 2. The molecule has 3 rings (SSSR count). The monoisotopic (exact) mass is 327 g/mol. The van der Waals surface area contributed by atoms with Gasteiger partial charge in [-0.2, -0.15) is 5.10 Å². The Kier molecular flexibility index (Phi) is 5.00. The van der Waals surface area contributed by atoms with Crippen molar-refractivity contribution in [2.24, 2.45) is 5.92 Å². The number of aliphatic hydroxyl groups excluding tert-OH is 1. The van der Waals surface area contributed by atoms with Crippen molar-refractivity contribution < 1.29 is 9.90 Å². The second-order valence-corrected chi connectivity index (χ2v) is 6.73. The van der Waals surface area contributed by atoms with Gasteiger partial charge in [0.2, 0.25) is 5.91 Å². The number of hydrogen-bond donors (Lipinski definition) is 2. The highest BCUT2D eigenvalue weighted by Crippen LogP contribution is 2.23. The fourth-order valence-corrected chi connectivity index (χ4v) is 3.46. The van der Waals surface area contributed by atoms with Crippen LogP contribution >= 0.6 is 0 Å².